The Balaban J connectivity index is 1.39. The van der Waals surface area contributed by atoms with Crippen LogP contribution in [-0.4, -0.2) is 52.5 Å². The highest BCUT2D eigenvalue weighted by atomic mass is 16.2. The molecule has 2 N–H and O–H groups in total. The normalized spacial score (nSPS) is 13.0. The van der Waals surface area contributed by atoms with Crippen LogP contribution in [0.2, 0.25) is 0 Å². The van der Waals surface area contributed by atoms with Gasteiger partial charge in [0.2, 0.25) is 5.91 Å². The number of fused-ring (bicyclic) bond motifs is 1. The Morgan fingerprint density at radius 2 is 1.62 bits per heavy atom. The number of hydrogen-bond donors (Lipinski definition) is 1. The zero-order chi connectivity index (χ0) is 24.2. The third-order valence-corrected chi connectivity index (χ3v) is 6.23. The number of aromatic nitrogens is 2. The van der Waals surface area contributed by atoms with Crippen molar-refractivity contribution in [2.75, 3.05) is 25.0 Å². The van der Waals surface area contributed by atoms with E-state index in [0.717, 1.165) is 24.1 Å². The molecule has 0 saturated carbocycles. The number of rotatable bonds is 8. The maximum atomic E-state index is 13.0. The standard InChI is InChI=1S/C26H29N5O3/c1-3-23(32)29(2)13-12-18-4-6-19(7-5-18)16-20-8-10-21(11-9-20)30-14-15-31-24(26(30)34)22(17-28-31)25(27)33/h4-11,17H,3,12-16H2,1-2H3,(H2,27,33). The van der Waals surface area contributed by atoms with Gasteiger partial charge in [0.05, 0.1) is 18.3 Å². The van der Waals surface area contributed by atoms with Gasteiger partial charge >= 0.3 is 0 Å². The second-order valence-corrected chi connectivity index (χ2v) is 8.53. The summed E-state index contributed by atoms with van der Waals surface area (Å²) < 4.78 is 1.54. The van der Waals surface area contributed by atoms with Crippen LogP contribution in [0.25, 0.3) is 0 Å². The van der Waals surface area contributed by atoms with Crippen molar-refractivity contribution in [3.05, 3.63) is 82.7 Å². The lowest BCUT2D eigenvalue weighted by atomic mass is 10.0. The minimum atomic E-state index is -0.653. The number of nitrogens with zero attached hydrogens (tertiary/aromatic N) is 4. The second kappa shape index (κ2) is 9.91. The van der Waals surface area contributed by atoms with Crippen LogP contribution in [0.1, 0.15) is 50.9 Å². The zero-order valence-electron chi connectivity index (χ0n) is 19.5. The third kappa shape index (κ3) is 4.85. The number of benzene rings is 2. The summed E-state index contributed by atoms with van der Waals surface area (Å²) in [5, 5.41) is 4.11. The fourth-order valence-corrected chi connectivity index (χ4v) is 4.18. The van der Waals surface area contributed by atoms with Crippen LogP contribution in [0.4, 0.5) is 5.69 Å². The first kappa shape index (κ1) is 23.2. The van der Waals surface area contributed by atoms with Gasteiger partial charge in [-0.15, -0.1) is 0 Å². The Morgan fingerprint density at radius 1 is 1.00 bits per heavy atom. The Labute approximate surface area is 199 Å². The molecule has 0 fully saturated rings. The first-order valence-electron chi connectivity index (χ1n) is 11.5. The number of nitrogens with two attached hydrogens (primary N) is 1. The minimum Gasteiger partial charge on any atom is -0.365 e. The predicted molar refractivity (Wildman–Crippen MR) is 130 cm³/mol. The van der Waals surface area contributed by atoms with E-state index in [4.69, 9.17) is 5.73 Å². The van der Waals surface area contributed by atoms with Crippen molar-refractivity contribution in [1.82, 2.24) is 14.7 Å². The molecule has 1 aliphatic heterocycles. The number of likely N-dealkylation sites (N-methyl/N-ethyl adjacent to an activating group) is 1. The van der Waals surface area contributed by atoms with Crippen LogP contribution in [0, 0.1) is 0 Å². The van der Waals surface area contributed by atoms with E-state index in [9.17, 15) is 14.4 Å². The summed E-state index contributed by atoms with van der Waals surface area (Å²) in [5.41, 5.74) is 10.1. The van der Waals surface area contributed by atoms with Crippen molar-refractivity contribution >= 4 is 23.4 Å². The van der Waals surface area contributed by atoms with Crippen molar-refractivity contribution in [1.29, 1.82) is 0 Å². The van der Waals surface area contributed by atoms with Crippen LogP contribution >= 0.6 is 0 Å². The van der Waals surface area contributed by atoms with E-state index in [2.05, 4.69) is 29.4 Å². The van der Waals surface area contributed by atoms with Gasteiger partial charge in [0.25, 0.3) is 11.8 Å². The van der Waals surface area contributed by atoms with Crippen molar-refractivity contribution in [3.8, 4) is 0 Å². The second-order valence-electron chi connectivity index (χ2n) is 8.53. The molecule has 2 heterocycles. The van der Waals surface area contributed by atoms with E-state index in [1.165, 1.54) is 22.0 Å². The number of primary amides is 1. The molecule has 4 rings (SSSR count). The Hall–Kier alpha value is -3.94. The van der Waals surface area contributed by atoms with Gasteiger partial charge in [-0.25, -0.2) is 0 Å². The lowest BCUT2D eigenvalue weighted by Crippen LogP contribution is -2.41. The maximum Gasteiger partial charge on any atom is 0.277 e. The largest absolute Gasteiger partial charge is 0.365 e. The lowest BCUT2D eigenvalue weighted by molar-refractivity contribution is -0.129. The quantitative estimate of drug-likeness (QED) is 0.559. The molecule has 0 unspecified atom stereocenters. The molecule has 34 heavy (non-hydrogen) atoms. The van der Waals surface area contributed by atoms with Crippen LogP contribution in [-0.2, 0) is 24.2 Å². The molecule has 3 aromatic rings. The number of anilines is 1. The van der Waals surface area contributed by atoms with Gasteiger partial charge < -0.3 is 15.5 Å². The van der Waals surface area contributed by atoms with Crippen LogP contribution in [0.3, 0.4) is 0 Å². The fourth-order valence-electron chi connectivity index (χ4n) is 4.18. The summed E-state index contributed by atoms with van der Waals surface area (Å²) in [4.78, 5) is 39.8. The summed E-state index contributed by atoms with van der Waals surface area (Å²) in [6.45, 7) is 3.57. The van der Waals surface area contributed by atoms with Gasteiger partial charge in [0, 0.05) is 32.2 Å². The molecule has 1 aliphatic rings. The van der Waals surface area contributed by atoms with Crippen LogP contribution < -0.4 is 10.6 Å². The van der Waals surface area contributed by atoms with E-state index < -0.39 is 5.91 Å². The van der Waals surface area contributed by atoms with E-state index in [0.29, 0.717) is 26.1 Å². The highest BCUT2D eigenvalue weighted by molar-refractivity contribution is 6.12. The average Bonchev–Trinajstić information content (AvgIpc) is 3.29. The maximum absolute atomic E-state index is 13.0. The van der Waals surface area contributed by atoms with Crippen molar-refractivity contribution in [2.45, 2.75) is 32.7 Å². The van der Waals surface area contributed by atoms with Gasteiger partial charge in [-0.2, -0.15) is 5.10 Å². The van der Waals surface area contributed by atoms with Crippen molar-refractivity contribution in [2.24, 2.45) is 5.73 Å². The molecule has 0 radical (unpaired) electrons. The van der Waals surface area contributed by atoms with Crippen LogP contribution in [0.15, 0.2) is 54.7 Å². The Morgan fingerprint density at radius 3 is 2.24 bits per heavy atom. The van der Waals surface area contributed by atoms with E-state index in [1.807, 2.05) is 38.2 Å². The van der Waals surface area contributed by atoms with Gasteiger partial charge in [0.1, 0.15) is 5.69 Å². The Kier molecular flexibility index (Phi) is 6.77. The molecule has 0 aliphatic carbocycles. The predicted octanol–water partition coefficient (Wildman–Crippen LogP) is 2.64. The van der Waals surface area contributed by atoms with Crippen LogP contribution in [0.5, 0.6) is 0 Å². The molecule has 3 amide bonds. The third-order valence-electron chi connectivity index (χ3n) is 6.23. The van der Waals surface area contributed by atoms with E-state index in [-0.39, 0.29) is 23.1 Å². The monoisotopic (exact) mass is 459 g/mol. The van der Waals surface area contributed by atoms with Gasteiger partial charge in [-0.3, -0.25) is 19.1 Å². The highest BCUT2D eigenvalue weighted by Crippen LogP contribution is 2.24. The molecule has 2 aromatic carbocycles. The lowest BCUT2D eigenvalue weighted by Gasteiger charge is -2.28. The average molecular weight is 460 g/mol. The number of carbonyl (C=O) groups excluding carboxylic acids is 3. The molecule has 1 aromatic heterocycles. The first-order chi connectivity index (χ1) is 16.4. The van der Waals surface area contributed by atoms with Gasteiger partial charge in [0.15, 0.2) is 0 Å². The molecule has 8 heteroatoms. The summed E-state index contributed by atoms with van der Waals surface area (Å²) in [7, 11) is 1.84. The van der Waals surface area contributed by atoms with Crippen molar-refractivity contribution < 1.29 is 14.4 Å². The molecule has 0 bridgehead atoms. The SMILES string of the molecule is CCC(=O)N(C)CCc1ccc(Cc2ccc(N3CCn4ncc(C(N)=O)c4C3=O)cc2)cc1. The summed E-state index contributed by atoms with van der Waals surface area (Å²) in [5.74, 6) is -0.767. The molecule has 176 valence electrons. The molecular formula is C26H29N5O3. The molecular weight excluding hydrogens is 430 g/mol. The first-order valence-corrected chi connectivity index (χ1v) is 11.5. The smallest absolute Gasteiger partial charge is 0.277 e. The highest BCUT2D eigenvalue weighted by Gasteiger charge is 2.31. The molecule has 0 spiro atoms. The zero-order valence-corrected chi connectivity index (χ0v) is 19.5. The minimum absolute atomic E-state index is 0.151. The van der Waals surface area contributed by atoms with Gasteiger partial charge in [-0.05, 0) is 41.7 Å². The number of carbonyl (C=O) groups is 3. The van der Waals surface area contributed by atoms with Gasteiger partial charge in [-0.1, -0.05) is 43.3 Å². The fraction of sp³-hybridized carbons (Fsp3) is 0.308. The molecule has 0 atom stereocenters. The summed E-state index contributed by atoms with van der Waals surface area (Å²) >= 11 is 0. The Bertz CT molecular complexity index is 1200. The molecule has 8 nitrogen and oxygen atoms in total. The number of amides is 3. The van der Waals surface area contributed by atoms with Crippen molar-refractivity contribution in [3.63, 3.8) is 0 Å². The van der Waals surface area contributed by atoms with E-state index in [1.54, 1.807) is 9.80 Å². The summed E-state index contributed by atoms with van der Waals surface area (Å²) in [6, 6.07) is 16.3. The number of hydrogen-bond acceptors (Lipinski definition) is 4. The topological polar surface area (TPSA) is 102 Å². The van der Waals surface area contributed by atoms with E-state index >= 15 is 0 Å². The summed E-state index contributed by atoms with van der Waals surface area (Å²) in [6.07, 6.45) is 3.49. The molecule has 0 saturated heterocycles.